The van der Waals surface area contributed by atoms with Crippen molar-refractivity contribution in [2.45, 2.75) is 399 Å². The third-order valence-corrected chi connectivity index (χ3v) is 22.6. The van der Waals surface area contributed by atoms with Crippen LogP contribution in [0.15, 0.2) is 0 Å². The van der Waals surface area contributed by atoms with Crippen molar-refractivity contribution in [2.24, 2.45) is 0 Å². The van der Waals surface area contributed by atoms with Crippen LogP contribution >= 0.6 is 11.8 Å². The van der Waals surface area contributed by atoms with Crippen molar-refractivity contribution in [3.63, 3.8) is 0 Å². The molecule has 0 fully saturated rings. The van der Waals surface area contributed by atoms with Gasteiger partial charge in [-0.05, 0) is 62.9 Å². The smallest absolute Gasteiger partial charge is 0.314 e. The van der Waals surface area contributed by atoms with Gasteiger partial charge in [-0.15, -0.1) is 0 Å². The van der Waals surface area contributed by atoms with E-state index in [1.54, 1.807) is 74.8 Å². The number of aliphatic carboxylic acids is 2. The summed E-state index contributed by atoms with van der Waals surface area (Å²) < 4.78 is 0. The molecule has 0 radical (unpaired) electrons. The van der Waals surface area contributed by atoms with Crippen molar-refractivity contribution in [3.8, 4) is 0 Å². The van der Waals surface area contributed by atoms with Gasteiger partial charge in [0, 0.05) is 11.9 Å². The first kappa shape index (κ1) is 77.0. The zero-order chi connectivity index (χ0) is 54.0. The van der Waals surface area contributed by atoms with Crippen LogP contribution in [0, 0.1) is 0 Å². The van der Waals surface area contributed by atoms with Gasteiger partial charge >= 0.3 is 17.6 Å². The molecule has 0 N–H and O–H groups in total. The minimum absolute atomic E-state index is 0.0300. The molecule has 0 aliphatic heterocycles. The van der Waals surface area contributed by atoms with Gasteiger partial charge in [-0.3, -0.25) is 0 Å². The van der Waals surface area contributed by atoms with Crippen LogP contribution in [-0.2, 0) is 9.59 Å². The van der Waals surface area contributed by atoms with E-state index in [4.69, 9.17) is 0 Å². The van der Waals surface area contributed by atoms with Crippen molar-refractivity contribution >= 4 is 41.3 Å². The van der Waals surface area contributed by atoms with E-state index < -0.39 is 11.9 Å². The van der Waals surface area contributed by atoms with E-state index in [1.807, 2.05) is 0 Å². The second kappa shape index (κ2) is 71.7. The van der Waals surface area contributed by atoms with Crippen LogP contribution in [0.4, 0.5) is 0 Å². The number of carboxylic acids is 2. The molecule has 0 aromatic rings. The van der Waals surface area contributed by atoms with E-state index in [0.29, 0.717) is 11.5 Å². The summed E-state index contributed by atoms with van der Waals surface area (Å²) in [6.45, 7) is 13.9. The lowest BCUT2D eigenvalue weighted by molar-refractivity contribution is -0.306. The zero-order valence-corrected chi connectivity index (χ0v) is 53.9. The van der Waals surface area contributed by atoms with Gasteiger partial charge in [0.1, 0.15) is 0 Å². The SMILES string of the molecule is CCCCCCCCCC[Si+](CCCCCCCCCC)CCCCCCCCCC.CCCCCCCCCC[Si+](CCCCCCCCCC)CCCCCCCCCC.O=C([O-])CCSCCC(=O)[O-]. The van der Waals surface area contributed by atoms with Crippen LogP contribution in [0.1, 0.15) is 363 Å². The van der Waals surface area contributed by atoms with Crippen LogP contribution in [0.25, 0.3) is 0 Å². The van der Waals surface area contributed by atoms with Crippen LogP contribution < -0.4 is 10.2 Å². The molecule has 0 spiro atoms. The highest BCUT2D eigenvalue weighted by Gasteiger charge is 2.25. The summed E-state index contributed by atoms with van der Waals surface area (Å²) in [5.41, 5.74) is 0. The Morgan fingerprint density at radius 1 is 0.247 bits per heavy atom. The monoisotopic (exact) mass is 1080 g/mol. The first-order valence-corrected chi connectivity index (χ1v) is 38.9. The molecule has 0 aliphatic rings. The van der Waals surface area contributed by atoms with Crippen molar-refractivity contribution in [1.29, 1.82) is 0 Å². The maximum absolute atomic E-state index is 9.84. The van der Waals surface area contributed by atoms with E-state index in [2.05, 4.69) is 41.5 Å². The molecule has 0 atom stereocenters. The molecule has 0 rings (SSSR count). The first-order valence-electron chi connectivity index (χ1n) is 33.5. The predicted octanol–water partition coefficient (Wildman–Crippen LogP) is 21.8. The van der Waals surface area contributed by atoms with Crippen molar-refractivity contribution in [2.75, 3.05) is 11.5 Å². The largest absolute Gasteiger partial charge is 0.550 e. The highest BCUT2D eigenvalue weighted by Crippen LogP contribution is 2.23. The predicted molar refractivity (Wildman–Crippen MR) is 333 cm³/mol. The summed E-state index contributed by atoms with van der Waals surface area (Å²) in [6, 6.07) is 9.79. The molecule has 436 valence electrons. The van der Waals surface area contributed by atoms with E-state index in [-0.39, 0.29) is 30.4 Å². The maximum Gasteiger partial charge on any atom is 0.314 e. The summed E-state index contributed by atoms with van der Waals surface area (Å²) in [7, 11) is -0.0951. The molecule has 0 saturated heterocycles. The average molecular weight is 1080 g/mol. The lowest BCUT2D eigenvalue weighted by Crippen LogP contribution is -2.23. The topological polar surface area (TPSA) is 80.3 Å². The Morgan fingerprint density at radius 2 is 0.384 bits per heavy atom. The van der Waals surface area contributed by atoms with Gasteiger partial charge in [-0.1, -0.05) is 311 Å². The standard InChI is InChI=1S/2C30H63Si.C6H10O4S/c2*1-4-7-10-13-16-19-22-25-28-31(29-26-23-20-17-14-11-8-5-2)30-27-24-21-18-15-12-9-6-3;7-5(8)1-3-11-4-2-6(9)10/h2*4-30H2,1-3H3;1-4H2,(H,7,8)(H,9,10)/q2*+1;/p-2. The van der Waals surface area contributed by atoms with Gasteiger partial charge in [0.2, 0.25) is 0 Å². The molecule has 0 saturated carbocycles. The van der Waals surface area contributed by atoms with Crippen LogP contribution in [0.3, 0.4) is 0 Å². The zero-order valence-electron chi connectivity index (χ0n) is 51.1. The summed E-state index contributed by atoms with van der Waals surface area (Å²) in [5, 5.41) is 19.7. The maximum atomic E-state index is 9.84. The van der Waals surface area contributed by atoms with E-state index in [0.717, 1.165) is 0 Å². The summed E-state index contributed by atoms with van der Waals surface area (Å²) >= 11 is 1.27. The molecule has 7 heteroatoms. The fourth-order valence-corrected chi connectivity index (χ4v) is 17.0. The molecule has 0 aliphatic carbocycles. The second-order valence-corrected chi connectivity index (χ2v) is 29.9. The molecule has 0 aromatic heterocycles. The lowest BCUT2D eigenvalue weighted by Gasteiger charge is -2.06. The first-order chi connectivity index (χ1) is 35.8. The number of hydrogen-bond acceptors (Lipinski definition) is 5. The third kappa shape index (κ3) is 76.0. The molecule has 0 bridgehead atoms. The minimum Gasteiger partial charge on any atom is -0.550 e. The number of carboxylic acid groups (broad SMARTS) is 2. The Labute approximate surface area is 468 Å². The Morgan fingerprint density at radius 3 is 0.521 bits per heavy atom. The normalized spacial score (nSPS) is 11.0. The van der Waals surface area contributed by atoms with Crippen LogP contribution in [0.2, 0.25) is 36.3 Å². The highest BCUT2D eigenvalue weighted by atomic mass is 32.2. The molecule has 4 nitrogen and oxygen atoms in total. The lowest BCUT2D eigenvalue weighted by atomic mass is 10.1. The number of unbranched alkanes of at least 4 members (excludes halogenated alkanes) is 42. The fraction of sp³-hybridized carbons (Fsp3) is 0.970. The second-order valence-electron chi connectivity index (χ2n) is 22.7. The summed E-state index contributed by atoms with van der Waals surface area (Å²) in [5.74, 6) is -1.41. The Balaban J connectivity index is -0.00000111. The Kier molecular flexibility index (Phi) is 75.6. The van der Waals surface area contributed by atoms with Crippen LogP contribution in [-0.4, -0.2) is 41.0 Å². The molecule has 0 aromatic carbocycles. The highest BCUT2D eigenvalue weighted by molar-refractivity contribution is 7.99. The van der Waals surface area contributed by atoms with Gasteiger partial charge in [0.15, 0.2) is 0 Å². The molecule has 0 amide bonds. The van der Waals surface area contributed by atoms with Crippen molar-refractivity contribution in [1.82, 2.24) is 0 Å². The van der Waals surface area contributed by atoms with Crippen molar-refractivity contribution in [3.05, 3.63) is 0 Å². The summed E-state index contributed by atoms with van der Waals surface area (Å²) in [4.78, 5) is 19.7. The molecular weight excluding hydrogens is 945 g/mol. The number of carbonyl (C=O) groups is 2. The molecule has 0 unspecified atom stereocenters. The van der Waals surface area contributed by atoms with E-state index in [9.17, 15) is 19.8 Å². The third-order valence-electron chi connectivity index (χ3n) is 15.2. The van der Waals surface area contributed by atoms with Gasteiger partial charge in [0.05, 0.1) is 36.3 Å². The molecule has 0 heterocycles. The molecular formula is C66H134O4SSi2. The average Bonchev–Trinajstić information content (AvgIpc) is 3.38. The van der Waals surface area contributed by atoms with Crippen LogP contribution in [0.5, 0.6) is 0 Å². The quantitative estimate of drug-likeness (QED) is 0.0448. The minimum atomic E-state index is -1.11. The fourth-order valence-electron chi connectivity index (χ4n) is 10.2. The van der Waals surface area contributed by atoms with Crippen molar-refractivity contribution < 1.29 is 19.8 Å². The van der Waals surface area contributed by atoms with Gasteiger partial charge in [-0.2, -0.15) is 11.8 Å². The van der Waals surface area contributed by atoms with E-state index >= 15 is 0 Å². The summed E-state index contributed by atoms with van der Waals surface area (Å²) in [6.07, 6.45) is 71.2. The number of rotatable bonds is 60. The van der Waals surface area contributed by atoms with Gasteiger partial charge in [0.25, 0.3) is 0 Å². The number of thioether (sulfide) groups is 1. The Bertz CT molecular complexity index is 829. The van der Waals surface area contributed by atoms with E-state index in [1.165, 1.54) is 281 Å². The number of carbonyl (C=O) groups excluding carboxylic acids is 2. The van der Waals surface area contributed by atoms with Gasteiger partial charge < -0.3 is 19.8 Å². The van der Waals surface area contributed by atoms with Gasteiger partial charge in [-0.25, -0.2) is 0 Å². The molecule has 73 heavy (non-hydrogen) atoms. The number of hydrogen-bond donors (Lipinski definition) is 0. The Hall–Kier alpha value is -0.276.